The van der Waals surface area contributed by atoms with Crippen LogP contribution in [-0.4, -0.2) is 60.1 Å². The molecule has 0 saturated carbocycles. The predicted molar refractivity (Wildman–Crippen MR) is 155 cm³/mol. The van der Waals surface area contributed by atoms with Crippen molar-refractivity contribution < 1.29 is 28.7 Å². The molecule has 1 aromatic rings. The van der Waals surface area contributed by atoms with Crippen LogP contribution in [0, 0.1) is 18.3 Å². The van der Waals surface area contributed by atoms with E-state index in [4.69, 9.17) is 15.9 Å². The van der Waals surface area contributed by atoms with Crippen LogP contribution in [0.5, 0.6) is 0 Å². The van der Waals surface area contributed by atoms with Gasteiger partial charge >= 0.3 is 12.1 Å². The summed E-state index contributed by atoms with van der Waals surface area (Å²) < 4.78 is 10.4. The topological polar surface area (TPSA) is 114 Å². The standard InChI is InChI=1S/C31H47N3O6/c1-9-12-15-20-34(29(37)25(21-22(4)5)33-30(38)40-31(6,7)8)27(24-17-14-13-16-23(24)10-2)28(36)32-19-18-26(35)39-11-3/h2,13-14,16-17,22,25,27H,9,11-12,15,18-21H2,1,3-8H3,(H,32,36)(H,33,38). The monoisotopic (exact) mass is 557 g/mol. The number of amides is 3. The summed E-state index contributed by atoms with van der Waals surface area (Å²) in [6.07, 6.45) is 7.81. The van der Waals surface area contributed by atoms with Crippen molar-refractivity contribution in [3.05, 3.63) is 35.4 Å². The average Bonchev–Trinajstić information content (AvgIpc) is 2.86. The van der Waals surface area contributed by atoms with Gasteiger partial charge in [0.25, 0.3) is 0 Å². The molecule has 0 aromatic heterocycles. The Kier molecular flexibility index (Phi) is 14.8. The molecule has 0 aliphatic heterocycles. The number of hydrogen-bond acceptors (Lipinski definition) is 6. The van der Waals surface area contributed by atoms with Crippen molar-refractivity contribution in [3.8, 4) is 12.3 Å². The van der Waals surface area contributed by atoms with Crippen molar-refractivity contribution in [3.63, 3.8) is 0 Å². The second-order valence-electron chi connectivity index (χ2n) is 11.0. The van der Waals surface area contributed by atoms with E-state index in [-0.39, 0.29) is 32.0 Å². The average molecular weight is 558 g/mol. The van der Waals surface area contributed by atoms with Gasteiger partial charge in [-0.3, -0.25) is 14.4 Å². The SMILES string of the molecule is C#Cc1ccccc1C(C(=O)NCCC(=O)OCC)N(CCCCC)C(=O)C(CC(C)C)NC(=O)OC(C)(C)C. The summed E-state index contributed by atoms with van der Waals surface area (Å²) in [7, 11) is 0. The Morgan fingerprint density at radius 2 is 1.75 bits per heavy atom. The summed E-state index contributed by atoms with van der Waals surface area (Å²) in [5.74, 6) is 1.37. The number of carbonyl (C=O) groups is 4. The molecule has 0 saturated heterocycles. The van der Waals surface area contributed by atoms with Crippen LogP contribution in [0.4, 0.5) is 4.79 Å². The van der Waals surface area contributed by atoms with Gasteiger partial charge in [0, 0.05) is 18.7 Å². The zero-order valence-corrected chi connectivity index (χ0v) is 25.2. The third-order valence-electron chi connectivity index (χ3n) is 5.89. The van der Waals surface area contributed by atoms with Gasteiger partial charge in [-0.25, -0.2) is 4.79 Å². The summed E-state index contributed by atoms with van der Waals surface area (Å²) in [5.41, 5.74) is 0.217. The van der Waals surface area contributed by atoms with Crippen LogP contribution >= 0.6 is 0 Å². The molecule has 0 bridgehead atoms. The van der Waals surface area contributed by atoms with E-state index >= 15 is 0 Å². The van der Waals surface area contributed by atoms with E-state index in [0.29, 0.717) is 24.0 Å². The maximum Gasteiger partial charge on any atom is 0.408 e. The molecule has 2 unspecified atom stereocenters. The first-order valence-corrected chi connectivity index (χ1v) is 14.1. The van der Waals surface area contributed by atoms with E-state index in [0.717, 1.165) is 12.8 Å². The predicted octanol–water partition coefficient (Wildman–Crippen LogP) is 4.74. The fourth-order valence-electron chi connectivity index (χ4n) is 4.18. The molecule has 1 aromatic carbocycles. The van der Waals surface area contributed by atoms with E-state index in [1.54, 1.807) is 52.0 Å². The molecule has 0 aliphatic carbocycles. The molecule has 0 spiro atoms. The Hall–Kier alpha value is -3.54. The Balaban J connectivity index is 3.51. The maximum atomic E-state index is 14.2. The molecule has 9 heteroatoms. The van der Waals surface area contributed by atoms with Crippen LogP contribution in [0.15, 0.2) is 24.3 Å². The zero-order chi connectivity index (χ0) is 30.3. The van der Waals surface area contributed by atoms with Gasteiger partial charge in [-0.15, -0.1) is 6.42 Å². The summed E-state index contributed by atoms with van der Waals surface area (Å²) in [5, 5.41) is 5.52. The number of ether oxygens (including phenoxy) is 2. The number of unbranched alkanes of at least 4 members (excludes halogenated alkanes) is 2. The molecule has 2 atom stereocenters. The van der Waals surface area contributed by atoms with Crippen molar-refractivity contribution >= 4 is 23.9 Å². The zero-order valence-electron chi connectivity index (χ0n) is 25.2. The summed E-state index contributed by atoms with van der Waals surface area (Å²) in [4.78, 5) is 54.0. The lowest BCUT2D eigenvalue weighted by Gasteiger charge is -2.35. The molecule has 0 radical (unpaired) electrons. The van der Waals surface area contributed by atoms with Crippen LogP contribution in [-0.2, 0) is 23.9 Å². The highest BCUT2D eigenvalue weighted by molar-refractivity contribution is 5.92. The van der Waals surface area contributed by atoms with Crippen LogP contribution in [0.2, 0.25) is 0 Å². The van der Waals surface area contributed by atoms with Gasteiger partial charge in [0.2, 0.25) is 11.8 Å². The number of nitrogens with zero attached hydrogens (tertiary/aromatic N) is 1. The number of hydrogen-bond donors (Lipinski definition) is 2. The van der Waals surface area contributed by atoms with Crippen LogP contribution in [0.3, 0.4) is 0 Å². The number of benzene rings is 1. The first-order valence-electron chi connectivity index (χ1n) is 14.1. The number of esters is 1. The molecule has 0 aliphatic rings. The van der Waals surface area contributed by atoms with Gasteiger partial charge in [0.15, 0.2) is 0 Å². The Morgan fingerprint density at radius 3 is 2.33 bits per heavy atom. The van der Waals surface area contributed by atoms with Gasteiger partial charge in [-0.1, -0.05) is 57.7 Å². The second kappa shape index (κ2) is 17.2. The fourth-order valence-corrected chi connectivity index (χ4v) is 4.18. The fraction of sp³-hybridized carbons (Fsp3) is 0.613. The number of terminal acetylenes is 1. The number of rotatable bonds is 15. The molecule has 0 heterocycles. The van der Waals surface area contributed by atoms with E-state index in [1.165, 1.54) is 4.90 Å². The molecule has 2 N–H and O–H groups in total. The molecular weight excluding hydrogens is 510 g/mol. The van der Waals surface area contributed by atoms with Crippen molar-refractivity contribution in [1.29, 1.82) is 0 Å². The molecule has 0 fully saturated rings. The van der Waals surface area contributed by atoms with Crippen molar-refractivity contribution in [2.45, 2.75) is 98.3 Å². The molecule has 222 valence electrons. The van der Waals surface area contributed by atoms with Crippen molar-refractivity contribution in [2.24, 2.45) is 5.92 Å². The first kappa shape index (κ1) is 34.5. The Bertz CT molecular complexity index is 1020. The Morgan fingerprint density at radius 1 is 1.07 bits per heavy atom. The minimum absolute atomic E-state index is 0.0109. The van der Waals surface area contributed by atoms with Gasteiger partial charge < -0.3 is 25.0 Å². The third-order valence-corrected chi connectivity index (χ3v) is 5.89. The number of carbonyl (C=O) groups excluding carboxylic acids is 4. The number of nitrogens with one attached hydrogen (secondary N) is 2. The summed E-state index contributed by atoms with van der Waals surface area (Å²) >= 11 is 0. The minimum atomic E-state index is -1.08. The van der Waals surface area contributed by atoms with E-state index in [1.807, 2.05) is 20.8 Å². The quantitative estimate of drug-likeness (QED) is 0.183. The van der Waals surface area contributed by atoms with Crippen molar-refractivity contribution in [2.75, 3.05) is 19.7 Å². The highest BCUT2D eigenvalue weighted by Crippen LogP contribution is 2.27. The van der Waals surface area contributed by atoms with Crippen LogP contribution in [0.25, 0.3) is 0 Å². The van der Waals surface area contributed by atoms with Gasteiger partial charge in [0.05, 0.1) is 13.0 Å². The smallest absolute Gasteiger partial charge is 0.408 e. The van der Waals surface area contributed by atoms with Gasteiger partial charge in [-0.05, 0) is 58.1 Å². The highest BCUT2D eigenvalue weighted by Gasteiger charge is 2.37. The molecule has 1 rings (SSSR count). The van der Waals surface area contributed by atoms with Crippen LogP contribution in [0.1, 0.15) is 97.7 Å². The molecule has 40 heavy (non-hydrogen) atoms. The minimum Gasteiger partial charge on any atom is -0.466 e. The first-order chi connectivity index (χ1) is 18.8. The normalized spacial score (nSPS) is 12.6. The molecule has 3 amide bonds. The molecule has 9 nitrogen and oxygen atoms in total. The highest BCUT2D eigenvalue weighted by atomic mass is 16.6. The van der Waals surface area contributed by atoms with Crippen molar-refractivity contribution in [1.82, 2.24) is 15.5 Å². The van der Waals surface area contributed by atoms with Crippen LogP contribution < -0.4 is 10.6 Å². The lowest BCUT2D eigenvalue weighted by atomic mass is 9.95. The maximum absolute atomic E-state index is 14.2. The number of alkyl carbamates (subject to hydrolysis) is 1. The molecular formula is C31H47N3O6. The Labute approximate surface area is 239 Å². The summed E-state index contributed by atoms with van der Waals surface area (Å²) in [6, 6.07) is 4.97. The van der Waals surface area contributed by atoms with E-state index < -0.39 is 41.6 Å². The second-order valence-corrected chi connectivity index (χ2v) is 11.0. The lowest BCUT2D eigenvalue weighted by molar-refractivity contribution is -0.144. The van der Waals surface area contributed by atoms with Gasteiger partial charge in [-0.2, -0.15) is 0 Å². The van der Waals surface area contributed by atoms with Gasteiger partial charge in [0.1, 0.15) is 17.7 Å². The lowest BCUT2D eigenvalue weighted by Crippen LogP contribution is -2.53. The summed E-state index contributed by atoms with van der Waals surface area (Å²) in [6.45, 7) is 13.4. The van der Waals surface area contributed by atoms with E-state index in [9.17, 15) is 19.2 Å². The third kappa shape index (κ3) is 12.1. The largest absolute Gasteiger partial charge is 0.466 e. The van der Waals surface area contributed by atoms with E-state index in [2.05, 4.69) is 16.6 Å².